The van der Waals surface area contributed by atoms with Crippen molar-refractivity contribution < 1.29 is 22.6 Å². The van der Waals surface area contributed by atoms with Crippen LogP contribution in [0.4, 0.5) is 13.2 Å². The Morgan fingerprint density at radius 2 is 2.00 bits per heavy atom. The summed E-state index contributed by atoms with van der Waals surface area (Å²) in [7, 11) is 1.69. The van der Waals surface area contributed by atoms with Crippen molar-refractivity contribution in [2.75, 3.05) is 46.5 Å². The van der Waals surface area contributed by atoms with Crippen LogP contribution in [-0.4, -0.2) is 63.5 Å². The second-order valence-electron chi connectivity index (χ2n) is 7.95. The zero-order valence-corrected chi connectivity index (χ0v) is 18.9. The number of methoxy groups -OCH3 is 1. The number of halogens is 3. The molecule has 0 aromatic heterocycles. The highest BCUT2D eigenvalue weighted by Gasteiger charge is 2.30. The molecule has 0 aliphatic carbocycles. The molecule has 31 heavy (non-hydrogen) atoms. The van der Waals surface area contributed by atoms with Crippen molar-refractivity contribution in [3.05, 3.63) is 35.4 Å². The Morgan fingerprint density at radius 3 is 2.65 bits per heavy atom. The molecule has 8 heteroatoms. The molecule has 0 bridgehead atoms. The van der Waals surface area contributed by atoms with Gasteiger partial charge < -0.3 is 19.7 Å². The predicted octanol–water partition coefficient (Wildman–Crippen LogP) is 4.68. The SMILES string of the molecule is CCNC(=NCCC(C)c1cccc(C(F)(F)F)c1)N1CCC(OCCCOC)CC1. The molecule has 1 aromatic carbocycles. The zero-order valence-electron chi connectivity index (χ0n) is 18.9. The molecule has 0 amide bonds. The van der Waals surface area contributed by atoms with Crippen molar-refractivity contribution in [3.8, 4) is 0 Å². The van der Waals surface area contributed by atoms with Gasteiger partial charge in [0.25, 0.3) is 0 Å². The van der Waals surface area contributed by atoms with Gasteiger partial charge in [0.2, 0.25) is 0 Å². The summed E-state index contributed by atoms with van der Waals surface area (Å²) in [5.74, 6) is 0.872. The first-order valence-corrected chi connectivity index (χ1v) is 11.2. The normalized spacial score (nSPS) is 17.1. The van der Waals surface area contributed by atoms with E-state index < -0.39 is 11.7 Å². The minimum atomic E-state index is -4.31. The molecule has 1 aromatic rings. The topological polar surface area (TPSA) is 46.1 Å². The second kappa shape index (κ2) is 12.9. The van der Waals surface area contributed by atoms with Crippen LogP contribution in [-0.2, 0) is 15.7 Å². The lowest BCUT2D eigenvalue weighted by Gasteiger charge is -2.34. The van der Waals surface area contributed by atoms with Crippen molar-refractivity contribution >= 4 is 5.96 Å². The van der Waals surface area contributed by atoms with E-state index in [1.165, 1.54) is 12.1 Å². The lowest BCUT2D eigenvalue weighted by Crippen LogP contribution is -2.47. The van der Waals surface area contributed by atoms with Crippen LogP contribution in [0.3, 0.4) is 0 Å². The van der Waals surface area contributed by atoms with E-state index in [0.29, 0.717) is 18.5 Å². The second-order valence-corrected chi connectivity index (χ2v) is 7.95. The third kappa shape index (κ3) is 8.69. The third-order valence-corrected chi connectivity index (χ3v) is 5.53. The number of rotatable bonds is 10. The summed E-state index contributed by atoms with van der Waals surface area (Å²) < 4.78 is 49.8. The largest absolute Gasteiger partial charge is 0.416 e. The molecule has 1 aliphatic rings. The monoisotopic (exact) mass is 443 g/mol. The van der Waals surface area contributed by atoms with E-state index in [1.54, 1.807) is 13.2 Å². The molecule has 1 fully saturated rings. The van der Waals surface area contributed by atoms with Crippen molar-refractivity contribution in [1.82, 2.24) is 10.2 Å². The van der Waals surface area contributed by atoms with Crippen LogP contribution in [0.1, 0.15) is 56.6 Å². The first-order chi connectivity index (χ1) is 14.8. The number of benzene rings is 1. The van der Waals surface area contributed by atoms with Crippen molar-refractivity contribution in [2.45, 2.75) is 57.7 Å². The average molecular weight is 444 g/mol. The summed E-state index contributed by atoms with van der Waals surface area (Å²) in [5, 5.41) is 3.34. The molecule has 5 nitrogen and oxygen atoms in total. The maximum atomic E-state index is 13.0. The zero-order chi connectivity index (χ0) is 22.7. The summed E-state index contributed by atoms with van der Waals surface area (Å²) in [5.41, 5.74) is 0.0995. The van der Waals surface area contributed by atoms with E-state index in [-0.39, 0.29) is 12.0 Å². The van der Waals surface area contributed by atoms with E-state index in [1.807, 2.05) is 13.8 Å². The quantitative estimate of drug-likeness (QED) is 0.324. The highest BCUT2D eigenvalue weighted by atomic mass is 19.4. The number of guanidine groups is 1. The van der Waals surface area contributed by atoms with Gasteiger partial charge in [-0.3, -0.25) is 4.99 Å². The van der Waals surface area contributed by atoms with Gasteiger partial charge in [-0.25, -0.2) is 0 Å². The van der Waals surface area contributed by atoms with Crippen LogP contribution in [0.15, 0.2) is 29.3 Å². The van der Waals surface area contributed by atoms with E-state index in [0.717, 1.165) is 64.1 Å². The molecule has 1 aliphatic heterocycles. The molecular weight excluding hydrogens is 407 g/mol. The summed E-state index contributed by atoms with van der Waals surface area (Å²) in [6.07, 6.45) is -0.529. The van der Waals surface area contributed by atoms with Gasteiger partial charge in [0.1, 0.15) is 0 Å². The highest BCUT2D eigenvalue weighted by Crippen LogP contribution is 2.31. The number of likely N-dealkylation sites (tertiary alicyclic amines) is 1. The van der Waals surface area contributed by atoms with Crippen LogP contribution in [0.5, 0.6) is 0 Å². The van der Waals surface area contributed by atoms with Gasteiger partial charge in [-0.15, -0.1) is 0 Å². The fourth-order valence-corrected chi connectivity index (χ4v) is 3.67. The summed E-state index contributed by atoms with van der Waals surface area (Å²) in [4.78, 5) is 6.98. The van der Waals surface area contributed by atoms with Gasteiger partial charge in [-0.1, -0.05) is 25.1 Å². The molecule has 0 spiro atoms. The number of hydrogen-bond donors (Lipinski definition) is 1. The number of nitrogens with zero attached hydrogens (tertiary/aromatic N) is 2. The number of hydrogen-bond acceptors (Lipinski definition) is 3. The Kier molecular flexibility index (Phi) is 10.6. The molecule has 1 saturated heterocycles. The minimum absolute atomic E-state index is 0.000151. The Morgan fingerprint density at radius 1 is 1.26 bits per heavy atom. The average Bonchev–Trinajstić information content (AvgIpc) is 2.76. The van der Waals surface area contributed by atoms with Crippen LogP contribution < -0.4 is 5.32 Å². The molecule has 1 N–H and O–H groups in total. The Bertz CT molecular complexity index is 674. The first-order valence-electron chi connectivity index (χ1n) is 11.2. The van der Waals surface area contributed by atoms with Gasteiger partial charge in [-0.2, -0.15) is 13.2 Å². The minimum Gasteiger partial charge on any atom is -0.385 e. The molecule has 2 rings (SSSR count). The van der Waals surface area contributed by atoms with E-state index >= 15 is 0 Å². The molecule has 1 unspecified atom stereocenters. The number of piperidine rings is 1. The summed E-state index contributed by atoms with van der Waals surface area (Å²) in [6.45, 7) is 8.52. The van der Waals surface area contributed by atoms with E-state index in [9.17, 15) is 13.2 Å². The first kappa shape index (κ1) is 25.5. The van der Waals surface area contributed by atoms with E-state index in [4.69, 9.17) is 14.5 Å². The van der Waals surface area contributed by atoms with Crippen LogP contribution >= 0.6 is 0 Å². The molecule has 1 atom stereocenters. The number of nitrogens with one attached hydrogen (secondary N) is 1. The number of alkyl halides is 3. The van der Waals surface area contributed by atoms with Crippen LogP contribution in [0, 0.1) is 0 Å². The molecular formula is C23H36F3N3O2. The van der Waals surface area contributed by atoms with Gasteiger partial charge in [-0.05, 0) is 50.2 Å². The lowest BCUT2D eigenvalue weighted by molar-refractivity contribution is -0.137. The van der Waals surface area contributed by atoms with Gasteiger partial charge in [0, 0.05) is 46.5 Å². The summed E-state index contributed by atoms with van der Waals surface area (Å²) >= 11 is 0. The molecule has 0 saturated carbocycles. The van der Waals surface area contributed by atoms with Gasteiger partial charge >= 0.3 is 6.18 Å². The fourth-order valence-electron chi connectivity index (χ4n) is 3.67. The smallest absolute Gasteiger partial charge is 0.385 e. The summed E-state index contributed by atoms with van der Waals surface area (Å²) in [6, 6.07) is 5.59. The predicted molar refractivity (Wildman–Crippen MR) is 117 cm³/mol. The Balaban J connectivity index is 1.85. The van der Waals surface area contributed by atoms with Crippen LogP contribution in [0.25, 0.3) is 0 Å². The maximum Gasteiger partial charge on any atom is 0.416 e. The van der Waals surface area contributed by atoms with Crippen molar-refractivity contribution in [1.29, 1.82) is 0 Å². The molecule has 0 radical (unpaired) electrons. The van der Waals surface area contributed by atoms with Crippen molar-refractivity contribution in [2.24, 2.45) is 4.99 Å². The molecule has 1 heterocycles. The standard InChI is InChI=1S/C23H36F3N3O2/c1-4-27-22(29-13-10-21(11-14-29)31-16-6-15-30-3)28-12-9-18(2)19-7-5-8-20(17-19)23(24,25)26/h5,7-8,17-18,21H,4,6,9-16H2,1-3H3,(H,27,28). The number of ether oxygens (including phenoxy) is 2. The highest BCUT2D eigenvalue weighted by molar-refractivity contribution is 5.80. The van der Waals surface area contributed by atoms with Gasteiger partial charge in [0.15, 0.2) is 5.96 Å². The molecule has 176 valence electrons. The van der Waals surface area contributed by atoms with Crippen LogP contribution in [0.2, 0.25) is 0 Å². The fraction of sp³-hybridized carbons (Fsp3) is 0.696. The Labute approximate surface area is 184 Å². The lowest BCUT2D eigenvalue weighted by atomic mass is 9.96. The van der Waals surface area contributed by atoms with Gasteiger partial charge in [0.05, 0.1) is 11.7 Å². The number of aliphatic imine (C=N–C) groups is 1. The third-order valence-electron chi connectivity index (χ3n) is 5.53. The Hall–Kier alpha value is -1.80. The van der Waals surface area contributed by atoms with Crippen molar-refractivity contribution in [3.63, 3.8) is 0 Å². The van der Waals surface area contributed by atoms with E-state index in [2.05, 4.69) is 10.2 Å². The maximum absolute atomic E-state index is 13.0.